The van der Waals surface area contributed by atoms with Crippen LogP contribution in [0.3, 0.4) is 0 Å². The minimum atomic E-state index is 0.443. The first-order valence-corrected chi connectivity index (χ1v) is 7.64. The molecule has 2 heterocycles. The number of alkyl halides is 1. The highest BCUT2D eigenvalue weighted by Crippen LogP contribution is 2.16. The number of halogens is 1. The van der Waals surface area contributed by atoms with Crippen LogP contribution in [0.2, 0.25) is 0 Å². The number of hydrogen-bond acceptors (Lipinski definition) is 3. The molecule has 92 valence electrons. The van der Waals surface area contributed by atoms with Crippen LogP contribution in [0.5, 0.6) is 0 Å². The molecule has 0 fully saturated rings. The molecule has 0 bridgehead atoms. The molecule has 0 saturated carbocycles. The van der Waals surface area contributed by atoms with Crippen LogP contribution in [-0.4, -0.2) is 26.5 Å². The maximum absolute atomic E-state index is 5.93. The predicted octanol–water partition coefficient (Wildman–Crippen LogP) is 3.31. The van der Waals surface area contributed by atoms with E-state index in [0.29, 0.717) is 5.88 Å². The van der Waals surface area contributed by atoms with E-state index in [9.17, 15) is 0 Å². The molecular weight excluding hydrogens is 254 g/mol. The number of aromatic nitrogens is 3. The summed E-state index contributed by atoms with van der Waals surface area (Å²) in [6.45, 7) is 0.954. The van der Waals surface area contributed by atoms with Crippen molar-refractivity contribution in [3.05, 3.63) is 24.2 Å². The molecule has 0 radical (unpaired) electrons. The lowest BCUT2D eigenvalue weighted by Crippen LogP contribution is -2.03. The van der Waals surface area contributed by atoms with Crippen LogP contribution >= 0.6 is 23.4 Å². The van der Waals surface area contributed by atoms with Crippen LogP contribution in [0.15, 0.2) is 18.3 Å². The molecule has 2 rings (SSSR count). The Morgan fingerprint density at radius 2 is 2.29 bits per heavy atom. The topological polar surface area (TPSA) is 30.7 Å². The number of aryl methyl sites for hydroxylation is 1. The highest BCUT2D eigenvalue weighted by molar-refractivity contribution is 7.98. The number of hydrogen-bond donors (Lipinski definition) is 0. The fourth-order valence-corrected chi connectivity index (χ4v) is 2.56. The van der Waals surface area contributed by atoms with E-state index in [-0.39, 0.29) is 0 Å². The number of rotatable bonds is 6. The van der Waals surface area contributed by atoms with Gasteiger partial charge < -0.3 is 4.57 Å². The Labute approximate surface area is 111 Å². The summed E-state index contributed by atoms with van der Waals surface area (Å²) in [5.74, 6) is 2.57. The van der Waals surface area contributed by atoms with Crippen LogP contribution in [-0.2, 0) is 12.4 Å². The number of fused-ring (bicyclic) bond motifs is 1. The maximum Gasteiger partial charge on any atom is 0.160 e. The summed E-state index contributed by atoms with van der Waals surface area (Å²) in [7, 11) is 0. The lowest BCUT2D eigenvalue weighted by molar-refractivity contribution is 0.627. The van der Waals surface area contributed by atoms with Crippen molar-refractivity contribution in [1.29, 1.82) is 0 Å². The van der Waals surface area contributed by atoms with Crippen LogP contribution in [0.1, 0.15) is 18.7 Å². The highest BCUT2D eigenvalue weighted by Gasteiger charge is 2.09. The molecule has 0 aliphatic carbocycles. The molecular formula is C12H16ClN3S. The Hall–Kier alpha value is -0.740. The Kier molecular flexibility index (Phi) is 4.68. The first kappa shape index (κ1) is 12.7. The molecule has 0 unspecified atom stereocenters. The van der Waals surface area contributed by atoms with Gasteiger partial charge in [-0.3, -0.25) is 0 Å². The fraction of sp³-hybridized carbons (Fsp3) is 0.500. The molecule has 0 atom stereocenters. The fourth-order valence-electron chi connectivity index (χ4n) is 1.86. The number of pyridine rings is 1. The van der Waals surface area contributed by atoms with E-state index in [1.54, 1.807) is 6.20 Å². The second-order valence-corrected chi connectivity index (χ2v) is 5.11. The minimum Gasteiger partial charge on any atom is -0.312 e. The quantitative estimate of drug-likeness (QED) is 0.595. The monoisotopic (exact) mass is 269 g/mol. The molecule has 3 nitrogen and oxygen atoms in total. The summed E-state index contributed by atoms with van der Waals surface area (Å²) < 4.78 is 2.14. The van der Waals surface area contributed by atoms with E-state index in [2.05, 4.69) is 20.8 Å². The Morgan fingerprint density at radius 3 is 3.06 bits per heavy atom. The second-order valence-electron chi connectivity index (χ2n) is 3.86. The molecule has 0 amide bonds. The Bertz CT molecular complexity index is 484. The summed E-state index contributed by atoms with van der Waals surface area (Å²) >= 11 is 7.81. The summed E-state index contributed by atoms with van der Waals surface area (Å²) in [6.07, 6.45) is 6.31. The normalized spacial score (nSPS) is 11.2. The molecule has 2 aromatic rings. The van der Waals surface area contributed by atoms with E-state index in [1.165, 1.54) is 12.2 Å². The summed E-state index contributed by atoms with van der Waals surface area (Å²) in [4.78, 5) is 8.88. The average molecular weight is 270 g/mol. The lowest BCUT2D eigenvalue weighted by Gasteiger charge is -2.06. The molecule has 17 heavy (non-hydrogen) atoms. The van der Waals surface area contributed by atoms with Gasteiger partial charge in [0.05, 0.1) is 5.88 Å². The molecule has 5 heteroatoms. The van der Waals surface area contributed by atoms with Gasteiger partial charge in [-0.15, -0.1) is 11.6 Å². The summed E-state index contributed by atoms with van der Waals surface area (Å²) in [5, 5.41) is 0. The molecule has 0 spiro atoms. The number of imidazole rings is 1. The van der Waals surface area contributed by atoms with Gasteiger partial charge in [-0.05, 0) is 37.0 Å². The van der Waals surface area contributed by atoms with Crippen molar-refractivity contribution in [2.75, 3.05) is 12.0 Å². The molecule has 0 saturated heterocycles. The highest BCUT2D eigenvalue weighted by atomic mass is 35.5. The van der Waals surface area contributed by atoms with Crippen molar-refractivity contribution in [2.45, 2.75) is 25.3 Å². The smallest absolute Gasteiger partial charge is 0.160 e. The third-order valence-electron chi connectivity index (χ3n) is 2.68. The van der Waals surface area contributed by atoms with Gasteiger partial charge in [0.2, 0.25) is 0 Å². The van der Waals surface area contributed by atoms with E-state index in [1.807, 2.05) is 23.9 Å². The van der Waals surface area contributed by atoms with Crippen LogP contribution in [0.4, 0.5) is 0 Å². The standard InChI is InChI=1S/C12H16ClN3S/c1-17-8-3-2-7-16-11(9-13)15-10-5-4-6-14-12(10)16/h4-6H,2-3,7-9H2,1H3. The van der Waals surface area contributed by atoms with Gasteiger partial charge in [0.25, 0.3) is 0 Å². The third-order valence-corrected chi connectivity index (χ3v) is 3.62. The lowest BCUT2D eigenvalue weighted by atomic mass is 10.3. The van der Waals surface area contributed by atoms with Crippen molar-refractivity contribution in [3.63, 3.8) is 0 Å². The first-order chi connectivity index (χ1) is 8.36. The Balaban J connectivity index is 2.18. The van der Waals surface area contributed by atoms with Crippen LogP contribution < -0.4 is 0 Å². The molecule has 0 N–H and O–H groups in total. The molecule has 2 aromatic heterocycles. The van der Waals surface area contributed by atoms with E-state index in [4.69, 9.17) is 11.6 Å². The van der Waals surface area contributed by atoms with E-state index < -0.39 is 0 Å². The zero-order valence-corrected chi connectivity index (χ0v) is 11.5. The van der Waals surface area contributed by atoms with Gasteiger partial charge in [0, 0.05) is 12.7 Å². The van der Waals surface area contributed by atoms with Crippen molar-refractivity contribution >= 4 is 34.5 Å². The van der Waals surface area contributed by atoms with Crippen molar-refractivity contribution in [3.8, 4) is 0 Å². The number of unbranched alkanes of at least 4 members (excludes halogenated alkanes) is 1. The van der Waals surface area contributed by atoms with Crippen molar-refractivity contribution < 1.29 is 0 Å². The Morgan fingerprint density at radius 1 is 1.41 bits per heavy atom. The molecule has 0 aromatic carbocycles. The van der Waals surface area contributed by atoms with Gasteiger partial charge in [-0.2, -0.15) is 11.8 Å². The molecule has 0 aliphatic rings. The van der Waals surface area contributed by atoms with Gasteiger partial charge in [0.15, 0.2) is 5.65 Å². The minimum absolute atomic E-state index is 0.443. The van der Waals surface area contributed by atoms with Gasteiger partial charge in [-0.1, -0.05) is 0 Å². The maximum atomic E-state index is 5.93. The van der Waals surface area contributed by atoms with E-state index >= 15 is 0 Å². The summed E-state index contributed by atoms with van der Waals surface area (Å²) in [6, 6.07) is 3.89. The third kappa shape index (κ3) is 2.93. The van der Waals surface area contributed by atoms with Crippen molar-refractivity contribution in [1.82, 2.24) is 14.5 Å². The second kappa shape index (κ2) is 6.26. The summed E-state index contributed by atoms with van der Waals surface area (Å²) in [5.41, 5.74) is 1.89. The zero-order valence-electron chi connectivity index (χ0n) is 9.90. The molecule has 0 aliphatic heterocycles. The van der Waals surface area contributed by atoms with Crippen molar-refractivity contribution in [2.24, 2.45) is 0 Å². The number of thioether (sulfide) groups is 1. The number of nitrogens with zero attached hydrogens (tertiary/aromatic N) is 3. The van der Waals surface area contributed by atoms with Crippen LogP contribution in [0, 0.1) is 0 Å². The zero-order chi connectivity index (χ0) is 12.1. The van der Waals surface area contributed by atoms with Gasteiger partial charge in [0.1, 0.15) is 11.3 Å². The SMILES string of the molecule is CSCCCCn1c(CCl)nc2cccnc21. The first-order valence-electron chi connectivity index (χ1n) is 5.72. The predicted molar refractivity (Wildman–Crippen MR) is 74.7 cm³/mol. The van der Waals surface area contributed by atoms with Crippen LogP contribution in [0.25, 0.3) is 11.2 Å². The average Bonchev–Trinajstić information content (AvgIpc) is 2.73. The van der Waals surface area contributed by atoms with Gasteiger partial charge >= 0.3 is 0 Å². The van der Waals surface area contributed by atoms with E-state index in [0.717, 1.165) is 30.0 Å². The largest absolute Gasteiger partial charge is 0.312 e. The van der Waals surface area contributed by atoms with Gasteiger partial charge in [-0.25, -0.2) is 9.97 Å².